The molecule has 0 unspecified atom stereocenters. The van der Waals surface area contributed by atoms with Crippen molar-refractivity contribution in [2.24, 2.45) is 0 Å². The smallest absolute Gasteiger partial charge is 0.0794 e. The molecular weight excluding hydrogens is 627 g/mol. The Balaban J connectivity index is 1.28. The minimum Gasteiger partial charge on any atom is -0.247 e. The second kappa shape index (κ2) is 11.9. The number of fused-ring (bicyclic) bond motifs is 9. The molecule has 242 valence electrons. The summed E-state index contributed by atoms with van der Waals surface area (Å²) in [6.45, 7) is 8.74. The summed E-state index contributed by atoms with van der Waals surface area (Å²) in [5.74, 6) is 0. The van der Waals surface area contributed by atoms with Crippen LogP contribution >= 0.6 is 0 Å². The molecule has 52 heavy (non-hydrogen) atoms. The molecule has 0 aliphatic carbocycles. The molecule has 9 aromatic carbocycles. The van der Waals surface area contributed by atoms with Crippen LogP contribution in [0.1, 0.15) is 11.1 Å². The van der Waals surface area contributed by atoms with E-state index < -0.39 is 0 Å². The fraction of sp³-hybridized carbons (Fsp3) is 0. The van der Waals surface area contributed by atoms with Crippen LogP contribution in [0.15, 0.2) is 177 Å². The molecule has 1 heterocycles. The Morgan fingerprint density at radius 2 is 0.962 bits per heavy atom. The Morgan fingerprint density at radius 1 is 0.385 bits per heavy atom. The molecule has 0 saturated heterocycles. The third kappa shape index (κ3) is 4.46. The molecule has 0 atom stereocenters. The summed E-state index contributed by atoms with van der Waals surface area (Å²) < 4.78 is 0. The van der Waals surface area contributed by atoms with Crippen LogP contribution in [0.25, 0.3) is 110 Å². The molecule has 1 heteroatoms. The Bertz CT molecular complexity index is 3090. The van der Waals surface area contributed by atoms with E-state index >= 15 is 0 Å². The van der Waals surface area contributed by atoms with Crippen molar-refractivity contribution in [1.82, 2.24) is 4.98 Å². The van der Waals surface area contributed by atoms with Crippen LogP contribution in [-0.4, -0.2) is 4.98 Å². The summed E-state index contributed by atoms with van der Waals surface area (Å²) in [6, 6.07) is 59.0. The van der Waals surface area contributed by atoms with Crippen molar-refractivity contribution >= 4 is 76.9 Å². The topological polar surface area (TPSA) is 12.9 Å². The van der Waals surface area contributed by atoms with Crippen LogP contribution < -0.4 is 0 Å². The first kappa shape index (κ1) is 30.0. The monoisotopic (exact) mass is 659 g/mol. The summed E-state index contributed by atoms with van der Waals surface area (Å²) in [5.41, 5.74) is 9.99. The lowest BCUT2D eigenvalue weighted by Crippen LogP contribution is -1.97. The van der Waals surface area contributed by atoms with Crippen molar-refractivity contribution < 1.29 is 0 Å². The van der Waals surface area contributed by atoms with Gasteiger partial charge in [-0.15, -0.1) is 0 Å². The molecular formula is C51H33N. The molecule has 0 aliphatic rings. The molecule has 0 fully saturated rings. The van der Waals surface area contributed by atoms with E-state index in [-0.39, 0.29) is 0 Å². The summed E-state index contributed by atoms with van der Waals surface area (Å²) in [5, 5.41) is 13.2. The summed E-state index contributed by atoms with van der Waals surface area (Å²) >= 11 is 0. The van der Waals surface area contributed by atoms with E-state index in [0.717, 1.165) is 39.0 Å². The van der Waals surface area contributed by atoms with Crippen molar-refractivity contribution in [2.45, 2.75) is 0 Å². The predicted molar refractivity (Wildman–Crippen MR) is 226 cm³/mol. The third-order valence-corrected chi connectivity index (χ3v) is 10.8. The molecule has 0 saturated carbocycles. The second-order valence-corrected chi connectivity index (χ2v) is 13.5. The van der Waals surface area contributed by atoms with Crippen LogP contribution in [0.4, 0.5) is 0 Å². The van der Waals surface area contributed by atoms with Gasteiger partial charge in [-0.2, -0.15) is 0 Å². The van der Waals surface area contributed by atoms with Gasteiger partial charge in [-0.05, 0) is 94.0 Å². The second-order valence-electron chi connectivity index (χ2n) is 13.5. The number of nitrogens with zero attached hydrogens (tertiary/aromatic N) is 1. The third-order valence-electron chi connectivity index (χ3n) is 10.8. The number of aromatic nitrogens is 1. The molecule has 0 spiro atoms. The number of rotatable bonds is 5. The zero-order chi connectivity index (χ0) is 34.8. The van der Waals surface area contributed by atoms with Crippen LogP contribution in [-0.2, 0) is 0 Å². The number of hydrogen-bond donors (Lipinski definition) is 0. The Hall–Kier alpha value is -6.83. The average molecular weight is 660 g/mol. The summed E-state index contributed by atoms with van der Waals surface area (Å²) in [6.07, 6.45) is 4.01. The Labute approximate surface area is 302 Å². The molecule has 0 amide bonds. The highest BCUT2D eigenvalue weighted by atomic mass is 14.7. The van der Waals surface area contributed by atoms with Gasteiger partial charge in [0, 0.05) is 16.3 Å². The SMILES string of the molecule is C=Cc1c(C=C)c(-c2cccc3ccccc23)c2ccccc2c1-c1ccc2c(ccc3c2c(-c2ccccc2)nc2ccc4ccccc4c23)c1. The standard InChI is InChI=1S/C51H33N/c1-3-37-38(4-2)48(42-24-14-19-32-15-8-10-20-39(32)42)44-23-13-12-22-43(44)47(37)36-26-28-41-35(31-36)25-29-45-49-40-21-11-9-16-33(40)27-30-46(49)52-51(50(41)45)34-17-6-5-7-18-34/h3-31H,1-2H2. The lowest BCUT2D eigenvalue weighted by molar-refractivity contribution is 1.44. The van der Waals surface area contributed by atoms with E-state index in [2.05, 4.69) is 177 Å². The fourth-order valence-electron chi connectivity index (χ4n) is 8.51. The maximum atomic E-state index is 5.38. The van der Waals surface area contributed by atoms with Gasteiger partial charge in [-0.25, -0.2) is 4.98 Å². The number of hydrogen-bond acceptors (Lipinski definition) is 1. The van der Waals surface area contributed by atoms with Gasteiger partial charge in [0.15, 0.2) is 0 Å². The van der Waals surface area contributed by atoms with Gasteiger partial charge in [-0.1, -0.05) is 177 Å². The number of pyridine rings is 1. The molecule has 10 rings (SSSR count). The Morgan fingerprint density at radius 3 is 1.73 bits per heavy atom. The van der Waals surface area contributed by atoms with Gasteiger partial charge >= 0.3 is 0 Å². The van der Waals surface area contributed by atoms with Crippen molar-refractivity contribution in [3.05, 3.63) is 188 Å². The van der Waals surface area contributed by atoms with Gasteiger partial charge in [0.25, 0.3) is 0 Å². The van der Waals surface area contributed by atoms with Crippen molar-refractivity contribution in [1.29, 1.82) is 0 Å². The highest BCUT2D eigenvalue weighted by molar-refractivity contribution is 6.27. The quantitative estimate of drug-likeness (QED) is 0.168. The van der Waals surface area contributed by atoms with Gasteiger partial charge < -0.3 is 0 Å². The zero-order valence-electron chi connectivity index (χ0n) is 28.6. The molecule has 1 aromatic heterocycles. The van der Waals surface area contributed by atoms with Gasteiger partial charge in [0.2, 0.25) is 0 Å². The van der Waals surface area contributed by atoms with Crippen molar-refractivity contribution in [3.8, 4) is 33.5 Å². The van der Waals surface area contributed by atoms with E-state index in [9.17, 15) is 0 Å². The lowest BCUT2D eigenvalue weighted by Gasteiger charge is -2.21. The van der Waals surface area contributed by atoms with Crippen LogP contribution in [0.2, 0.25) is 0 Å². The molecule has 0 bridgehead atoms. The average Bonchev–Trinajstić information content (AvgIpc) is 3.22. The normalized spacial score (nSPS) is 11.6. The fourth-order valence-corrected chi connectivity index (χ4v) is 8.51. The van der Waals surface area contributed by atoms with Gasteiger partial charge in [-0.3, -0.25) is 0 Å². The van der Waals surface area contributed by atoms with Crippen LogP contribution in [0.5, 0.6) is 0 Å². The van der Waals surface area contributed by atoms with E-state index in [1.807, 2.05) is 12.2 Å². The van der Waals surface area contributed by atoms with Crippen molar-refractivity contribution in [2.75, 3.05) is 0 Å². The zero-order valence-corrected chi connectivity index (χ0v) is 28.6. The summed E-state index contributed by atoms with van der Waals surface area (Å²) in [7, 11) is 0. The van der Waals surface area contributed by atoms with E-state index in [1.54, 1.807) is 0 Å². The first-order valence-electron chi connectivity index (χ1n) is 17.8. The Kier molecular flexibility index (Phi) is 6.87. The predicted octanol–water partition coefficient (Wildman–Crippen LogP) is 14.3. The minimum absolute atomic E-state index is 1.00. The molecule has 0 N–H and O–H groups in total. The number of benzene rings is 9. The summed E-state index contributed by atoms with van der Waals surface area (Å²) in [4.78, 5) is 5.38. The minimum atomic E-state index is 1.00. The van der Waals surface area contributed by atoms with Gasteiger partial charge in [0.1, 0.15) is 0 Å². The highest BCUT2D eigenvalue weighted by Crippen LogP contribution is 2.46. The van der Waals surface area contributed by atoms with E-state index in [0.29, 0.717) is 0 Å². The van der Waals surface area contributed by atoms with Gasteiger partial charge in [0.05, 0.1) is 11.2 Å². The molecule has 10 aromatic rings. The van der Waals surface area contributed by atoms with E-state index in [1.165, 1.54) is 70.4 Å². The first-order valence-corrected chi connectivity index (χ1v) is 17.8. The van der Waals surface area contributed by atoms with Crippen LogP contribution in [0.3, 0.4) is 0 Å². The maximum Gasteiger partial charge on any atom is 0.0794 e. The molecule has 0 aliphatic heterocycles. The maximum absolute atomic E-state index is 5.38. The molecule has 1 nitrogen and oxygen atoms in total. The van der Waals surface area contributed by atoms with E-state index in [4.69, 9.17) is 4.98 Å². The molecule has 0 radical (unpaired) electrons. The van der Waals surface area contributed by atoms with Crippen molar-refractivity contribution in [3.63, 3.8) is 0 Å². The highest BCUT2D eigenvalue weighted by Gasteiger charge is 2.21. The first-order chi connectivity index (χ1) is 25.7. The lowest BCUT2D eigenvalue weighted by atomic mass is 9.82. The van der Waals surface area contributed by atoms with Crippen LogP contribution in [0, 0.1) is 0 Å². The largest absolute Gasteiger partial charge is 0.247 e.